The van der Waals surface area contributed by atoms with Crippen LogP contribution >= 0.6 is 0 Å². The molecule has 90 valence electrons. The van der Waals surface area contributed by atoms with Gasteiger partial charge in [0.2, 0.25) is 5.91 Å². The molecule has 3 N–H and O–H groups in total. The molecular formula is C12H15N3O2. The summed E-state index contributed by atoms with van der Waals surface area (Å²) in [7, 11) is 0. The Morgan fingerprint density at radius 2 is 2.29 bits per heavy atom. The molecule has 0 atom stereocenters. The molecule has 5 heteroatoms. The number of fused-ring (bicyclic) bond motifs is 1. The van der Waals surface area contributed by atoms with E-state index in [0.717, 1.165) is 17.7 Å². The van der Waals surface area contributed by atoms with Crippen molar-refractivity contribution in [2.45, 2.75) is 19.8 Å². The maximum atomic E-state index is 11.4. The Hall–Kier alpha value is -2.04. The summed E-state index contributed by atoms with van der Waals surface area (Å²) in [6.45, 7) is 2.64. The molecular weight excluding hydrogens is 218 g/mol. The summed E-state index contributed by atoms with van der Waals surface area (Å²) in [5.41, 5.74) is 2.45. The van der Waals surface area contributed by atoms with Gasteiger partial charge in [-0.15, -0.1) is 0 Å². The minimum Gasteiger partial charge on any atom is -0.338 e. The monoisotopic (exact) mass is 233 g/mol. The highest BCUT2D eigenvalue weighted by atomic mass is 16.2. The van der Waals surface area contributed by atoms with Crippen molar-refractivity contribution in [1.29, 1.82) is 0 Å². The fourth-order valence-corrected chi connectivity index (χ4v) is 1.72. The molecule has 0 bridgehead atoms. The zero-order chi connectivity index (χ0) is 12.3. The van der Waals surface area contributed by atoms with Gasteiger partial charge < -0.3 is 16.0 Å². The van der Waals surface area contributed by atoms with Crippen LogP contribution in [0.5, 0.6) is 0 Å². The Morgan fingerprint density at radius 1 is 1.47 bits per heavy atom. The molecule has 0 spiro atoms. The van der Waals surface area contributed by atoms with Crippen LogP contribution in [-0.2, 0) is 11.2 Å². The van der Waals surface area contributed by atoms with Crippen molar-refractivity contribution in [2.75, 3.05) is 17.2 Å². The first-order valence-electron chi connectivity index (χ1n) is 5.66. The molecule has 17 heavy (non-hydrogen) atoms. The molecule has 3 amide bonds. The normalized spacial score (nSPS) is 12.9. The van der Waals surface area contributed by atoms with E-state index < -0.39 is 0 Å². The molecule has 1 aliphatic rings. The van der Waals surface area contributed by atoms with E-state index in [1.807, 2.05) is 13.0 Å². The maximum Gasteiger partial charge on any atom is 0.319 e. The summed E-state index contributed by atoms with van der Waals surface area (Å²) in [6.07, 6.45) is 1.28. The second-order valence-electron chi connectivity index (χ2n) is 3.98. The number of carbonyl (C=O) groups excluding carboxylic acids is 2. The summed E-state index contributed by atoms with van der Waals surface area (Å²) in [6, 6.07) is 5.17. The third-order valence-electron chi connectivity index (χ3n) is 2.52. The van der Waals surface area contributed by atoms with E-state index in [1.165, 1.54) is 0 Å². The smallest absolute Gasteiger partial charge is 0.319 e. The average Bonchev–Trinajstić information content (AvgIpc) is 2.65. The molecule has 0 fully saturated rings. The molecule has 0 saturated carbocycles. The molecule has 0 aromatic heterocycles. The van der Waals surface area contributed by atoms with Gasteiger partial charge in [0.15, 0.2) is 0 Å². The first-order chi connectivity index (χ1) is 8.19. The van der Waals surface area contributed by atoms with E-state index in [1.54, 1.807) is 12.1 Å². The third-order valence-corrected chi connectivity index (χ3v) is 2.52. The van der Waals surface area contributed by atoms with E-state index in [0.29, 0.717) is 18.7 Å². The van der Waals surface area contributed by atoms with Crippen molar-refractivity contribution in [3.05, 3.63) is 23.8 Å². The van der Waals surface area contributed by atoms with Crippen molar-refractivity contribution in [2.24, 2.45) is 0 Å². The minimum atomic E-state index is -0.218. The highest BCUT2D eigenvalue weighted by Crippen LogP contribution is 2.25. The van der Waals surface area contributed by atoms with E-state index in [2.05, 4.69) is 16.0 Å². The predicted octanol–water partition coefficient (Wildman–Crippen LogP) is 1.71. The largest absolute Gasteiger partial charge is 0.338 e. The van der Waals surface area contributed by atoms with Gasteiger partial charge in [0.1, 0.15) is 0 Å². The van der Waals surface area contributed by atoms with Gasteiger partial charge >= 0.3 is 6.03 Å². The lowest BCUT2D eigenvalue weighted by molar-refractivity contribution is -0.115. The zero-order valence-corrected chi connectivity index (χ0v) is 9.67. The van der Waals surface area contributed by atoms with Gasteiger partial charge in [-0.05, 0) is 30.2 Å². The Balaban J connectivity index is 2.01. The van der Waals surface area contributed by atoms with Crippen molar-refractivity contribution in [3.63, 3.8) is 0 Å². The summed E-state index contributed by atoms with van der Waals surface area (Å²) in [4.78, 5) is 22.6. The van der Waals surface area contributed by atoms with Crippen LogP contribution in [0.15, 0.2) is 18.2 Å². The topological polar surface area (TPSA) is 70.2 Å². The van der Waals surface area contributed by atoms with E-state index in [4.69, 9.17) is 0 Å². The quantitative estimate of drug-likeness (QED) is 0.743. The number of hydrogen-bond acceptors (Lipinski definition) is 2. The zero-order valence-electron chi connectivity index (χ0n) is 9.67. The van der Waals surface area contributed by atoms with Crippen LogP contribution in [0.3, 0.4) is 0 Å². The third kappa shape index (κ3) is 2.75. The molecule has 2 rings (SSSR count). The first kappa shape index (κ1) is 11.4. The number of urea groups is 1. The molecule has 1 aromatic carbocycles. The molecule has 5 nitrogen and oxygen atoms in total. The van der Waals surface area contributed by atoms with Crippen LogP contribution in [0.4, 0.5) is 16.2 Å². The summed E-state index contributed by atoms with van der Waals surface area (Å²) in [5, 5.41) is 8.20. The number of anilines is 2. The van der Waals surface area contributed by atoms with Crippen molar-refractivity contribution in [1.82, 2.24) is 5.32 Å². The molecule has 0 radical (unpaired) electrons. The fraction of sp³-hybridized carbons (Fsp3) is 0.333. The van der Waals surface area contributed by atoms with Crippen LogP contribution in [-0.4, -0.2) is 18.5 Å². The standard InChI is InChI=1S/C12H15N3O2/c1-2-5-13-12(17)14-9-3-4-10-8(6-9)7-11(16)15-10/h3-4,6H,2,5,7H2,1H3,(H,15,16)(H2,13,14,17). The fourth-order valence-electron chi connectivity index (χ4n) is 1.72. The Bertz CT molecular complexity index is 457. The van der Waals surface area contributed by atoms with Gasteiger partial charge in [-0.1, -0.05) is 6.92 Å². The minimum absolute atomic E-state index is 0.00687. The van der Waals surface area contributed by atoms with E-state index >= 15 is 0 Å². The van der Waals surface area contributed by atoms with Gasteiger partial charge in [-0.2, -0.15) is 0 Å². The maximum absolute atomic E-state index is 11.4. The number of benzene rings is 1. The van der Waals surface area contributed by atoms with Gasteiger partial charge in [0.05, 0.1) is 6.42 Å². The van der Waals surface area contributed by atoms with Crippen LogP contribution in [0, 0.1) is 0 Å². The van der Waals surface area contributed by atoms with E-state index in [-0.39, 0.29) is 11.9 Å². The summed E-state index contributed by atoms with van der Waals surface area (Å²) in [5.74, 6) is -0.00687. The van der Waals surface area contributed by atoms with Crippen LogP contribution in [0.2, 0.25) is 0 Å². The Kier molecular flexibility index (Phi) is 3.27. The predicted molar refractivity (Wildman–Crippen MR) is 66.1 cm³/mol. The van der Waals surface area contributed by atoms with Crippen LogP contribution < -0.4 is 16.0 Å². The highest BCUT2D eigenvalue weighted by Gasteiger charge is 2.17. The van der Waals surface area contributed by atoms with Gasteiger partial charge in [0.25, 0.3) is 0 Å². The summed E-state index contributed by atoms with van der Waals surface area (Å²) >= 11 is 0. The van der Waals surface area contributed by atoms with Gasteiger partial charge in [0, 0.05) is 17.9 Å². The molecule has 0 unspecified atom stereocenters. The molecule has 1 aromatic rings. The number of carbonyl (C=O) groups is 2. The molecule has 1 heterocycles. The van der Waals surface area contributed by atoms with Gasteiger partial charge in [-0.3, -0.25) is 4.79 Å². The summed E-state index contributed by atoms with van der Waals surface area (Å²) < 4.78 is 0. The lowest BCUT2D eigenvalue weighted by atomic mass is 10.1. The lowest BCUT2D eigenvalue weighted by Crippen LogP contribution is -2.29. The molecule has 0 saturated heterocycles. The van der Waals surface area contributed by atoms with Crippen molar-refractivity contribution >= 4 is 23.3 Å². The second kappa shape index (κ2) is 4.86. The van der Waals surface area contributed by atoms with Crippen molar-refractivity contribution in [3.8, 4) is 0 Å². The highest BCUT2D eigenvalue weighted by molar-refractivity contribution is 6.00. The Morgan fingerprint density at radius 3 is 3.06 bits per heavy atom. The first-order valence-corrected chi connectivity index (χ1v) is 5.66. The number of nitrogens with one attached hydrogen (secondary N) is 3. The Labute approximate surface area is 99.6 Å². The number of amides is 3. The van der Waals surface area contributed by atoms with Crippen LogP contribution in [0.25, 0.3) is 0 Å². The second-order valence-corrected chi connectivity index (χ2v) is 3.98. The van der Waals surface area contributed by atoms with Crippen LogP contribution in [0.1, 0.15) is 18.9 Å². The van der Waals surface area contributed by atoms with E-state index in [9.17, 15) is 9.59 Å². The van der Waals surface area contributed by atoms with Gasteiger partial charge in [-0.25, -0.2) is 4.79 Å². The molecule has 1 aliphatic heterocycles. The SMILES string of the molecule is CCCNC(=O)Nc1ccc2c(c1)CC(=O)N2. The number of hydrogen-bond donors (Lipinski definition) is 3. The number of rotatable bonds is 3. The van der Waals surface area contributed by atoms with Crippen molar-refractivity contribution < 1.29 is 9.59 Å². The molecule has 0 aliphatic carbocycles. The lowest BCUT2D eigenvalue weighted by Gasteiger charge is -2.07. The average molecular weight is 233 g/mol.